The normalized spacial score (nSPS) is 11.1. The van der Waals surface area contributed by atoms with E-state index in [-0.39, 0.29) is 17.5 Å². The third-order valence-corrected chi connectivity index (χ3v) is 3.88. The summed E-state index contributed by atoms with van der Waals surface area (Å²) in [5, 5.41) is 0. The van der Waals surface area contributed by atoms with E-state index in [0.29, 0.717) is 12.0 Å². The lowest BCUT2D eigenvalue weighted by molar-refractivity contribution is -0.139. The molecule has 0 radical (unpaired) electrons. The van der Waals surface area contributed by atoms with Crippen molar-refractivity contribution in [3.05, 3.63) is 71.5 Å². The van der Waals surface area contributed by atoms with Gasteiger partial charge in [-0.05, 0) is 30.2 Å². The molecule has 0 spiro atoms. The van der Waals surface area contributed by atoms with E-state index in [2.05, 4.69) is 6.92 Å². The third kappa shape index (κ3) is 5.88. The Balaban J connectivity index is 2.23. The molecule has 0 aliphatic rings. The largest absolute Gasteiger partial charge is 0.497 e. The molecule has 2 aromatic carbocycles. The molecule has 4 nitrogen and oxygen atoms in total. The van der Waals surface area contributed by atoms with Gasteiger partial charge in [0, 0.05) is 12.0 Å². The molecule has 2 rings (SSSR count). The number of ketones is 1. The Hall–Kier alpha value is -2.88. The minimum Gasteiger partial charge on any atom is -0.497 e. The summed E-state index contributed by atoms with van der Waals surface area (Å²) in [5.41, 5.74) is 1.24. The van der Waals surface area contributed by atoms with Gasteiger partial charge in [-0.3, -0.25) is 9.59 Å². The highest BCUT2D eigenvalue weighted by atomic mass is 16.5. The second-order valence-corrected chi connectivity index (χ2v) is 5.91. The van der Waals surface area contributed by atoms with Crippen LogP contribution in [-0.4, -0.2) is 18.9 Å². The van der Waals surface area contributed by atoms with Crippen molar-refractivity contribution in [1.29, 1.82) is 0 Å². The lowest BCUT2D eigenvalue weighted by Gasteiger charge is -2.09. The van der Waals surface area contributed by atoms with Crippen LogP contribution in [0.15, 0.2) is 60.4 Å². The number of Topliss-reactive ketones (excluding diaryl/α,β-unsaturated/α-hetero) is 1. The van der Waals surface area contributed by atoms with Gasteiger partial charge in [-0.15, -0.1) is 0 Å². The lowest BCUT2D eigenvalue weighted by atomic mass is 10.1. The second-order valence-electron chi connectivity index (χ2n) is 5.91. The molecule has 26 heavy (non-hydrogen) atoms. The molecule has 0 N–H and O–H groups in total. The van der Waals surface area contributed by atoms with E-state index in [0.717, 1.165) is 30.6 Å². The summed E-state index contributed by atoms with van der Waals surface area (Å²) in [6, 6.07) is 16.0. The molecule has 0 heterocycles. The van der Waals surface area contributed by atoms with Gasteiger partial charge in [0.25, 0.3) is 0 Å². The minimum absolute atomic E-state index is 0.0304. The maximum absolute atomic E-state index is 12.8. The summed E-state index contributed by atoms with van der Waals surface area (Å²) < 4.78 is 10.6. The molecule has 0 atom stereocenters. The van der Waals surface area contributed by atoms with Crippen molar-refractivity contribution in [2.75, 3.05) is 7.11 Å². The molecule has 136 valence electrons. The first-order valence-corrected chi connectivity index (χ1v) is 8.80. The molecule has 0 saturated heterocycles. The van der Waals surface area contributed by atoms with Crippen molar-refractivity contribution < 1.29 is 19.1 Å². The average Bonchev–Trinajstić information content (AvgIpc) is 2.68. The molecule has 0 fully saturated rings. The van der Waals surface area contributed by atoms with Crippen molar-refractivity contribution in [3.8, 4) is 5.75 Å². The van der Waals surface area contributed by atoms with Gasteiger partial charge in [0.05, 0.1) is 7.11 Å². The van der Waals surface area contributed by atoms with Gasteiger partial charge < -0.3 is 9.47 Å². The van der Waals surface area contributed by atoms with E-state index in [1.54, 1.807) is 49.6 Å². The van der Waals surface area contributed by atoms with Crippen molar-refractivity contribution in [2.45, 2.75) is 32.6 Å². The van der Waals surface area contributed by atoms with Crippen molar-refractivity contribution in [3.63, 3.8) is 0 Å². The number of esters is 1. The van der Waals surface area contributed by atoms with Crippen LogP contribution >= 0.6 is 0 Å². The lowest BCUT2D eigenvalue weighted by Crippen LogP contribution is -2.12. The molecule has 4 heteroatoms. The fraction of sp³-hybridized carbons (Fsp3) is 0.273. The Morgan fingerprint density at radius 3 is 2.27 bits per heavy atom. The maximum atomic E-state index is 12.8. The summed E-state index contributed by atoms with van der Waals surface area (Å²) in [4.78, 5) is 24.9. The van der Waals surface area contributed by atoms with Crippen LogP contribution in [0.2, 0.25) is 0 Å². The number of hydrogen-bond donors (Lipinski definition) is 0. The smallest absolute Gasteiger partial charge is 0.311 e. The number of benzene rings is 2. The molecule has 0 aromatic heterocycles. The van der Waals surface area contributed by atoms with Gasteiger partial charge in [-0.2, -0.15) is 0 Å². The van der Waals surface area contributed by atoms with E-state index in [1.807, 2.05) is 18.2 Å². The first-order valence-electron chi connectivity index (χ1n) is 8.80. The van der Waals surface area contributed by atoms with Crippen LogP contribution in [0.25, 0.3) is 6.08 Å². The number of allylic oxidation sites excluding steroid dienone is 1. The van der Waals surface area contributed by atoms with Crippen LogP contribution in [0.4, 0.5) is 0 Å². The predicted molar refractivity (Wildman–Crippen MR) is 102 cm³/mol. The number of unbranched alkanes of at least 4 members (excludes halogenated alkanes) is 2. The van der Waals surface area contributed by atoms with Crippen molar-refractivity contribution in [1.82, 2.24) is 0 Å². The van der Waals surface area contributed by atoms with Gasteiger partial charge >= 0.3 is 5.97 Å². The molecule has 0 unspecified atom stereocenters. The summed E-state index contributed by atoms with van der Waals surface area (Å²) in [6.45, 7) is 2.07. The Morgan fingerprint density at radius 1 is 0.962 bits per heavy atom. The van der Waals surface area contributed by atoms with E-state index >= 15 is 0 Å². The highest BCUT2D eigenvalue weighted by molar-refractivity contribution is 6.10. The van der Waals surface area contributed by atoms with Crippen LogP contribution in [0, 0.1) is 0 Å². The zero-order valence-corrected chi connectivity index (χ0v) is 15.2. The number of ether oxygens (including phenoxy) is 2. The predicted octanol–water partition coefficient (Wildman–Crippen LogP) is 5.04. The molecular weight excluding hydrogens is 328 g/mol. The average molecular weight is 352 g/mol. The first kappa shape index (κ1) is 19.4. The number of methoxy groups -OCH3 is 1. The van der Waals surface area contributed by atoms with E-state index in [9.17, 15) is 9.59 Å². The van der Waals surface area contributed by atoms with Gasteiger partial charge in [-0.25, -0.2) is 0 Å². The standard InChI is InChI=1S/C22H24O4/c1-3-4-6-11-21(23)26-20(22(24)18-9-7-5-8-10-18)16-17-12-14-19(25-2)15-13-17/h5,7-10,12-16H,3-4,6,11H2,1-2H3. The van der Waals surface area contributed by atoms with Gasteiger partial charge in [0.2, 0.25) is 5.78 Å². The topological polar surface area (TPSA) is 52.6 Å². The summed E-state index contributed by atoms with van der Waals surface area (Å²) >= 11 is 0. The van der Waals surface area contributed by atoms with E-state index in [4.69, 9.17) is 9.47 Å². The second kappa shape index (κ2) is 10.2. The SMILES string of the molecule is CCCCCC(=O)OC(=Cc1ccc(OC)cc1)C(=O)c1ccccc1. The minimum atomic E-state index is -0.387. The van der Waals surface area contributed by atoms with E-state index in [1.165, 1.54) is 0 Å². The Labute approximate surface area is 154 Å². The molecular formula is C22H24O4. The Kier molecular flexibility index (Phi) is 7.62. The molecule has 0 saturated carbocycles. The fourth-order valence-electron chi connectivity index (χ4n) is 2.42. The monoisotopic (exact) mass is 352 g/mol. The van der Waals surface area contributed by atoms with Crippen LogP contribution < -0.4 is 4.74 Å². The fourth-order valence-corrected chi connectivity index (χ4v) is 2.42. The number of hydrogen-bond acceptors (Lipinski definition) is 4. The molecule has 0 amide bonds. The quantitative estimate of drug-likeness (QED) is 0.208. The highest BCUT2D eigenvalue weighted by Crippen LogP contribution is 2.18. The van der Waals surface area contributed by atoms with Crippen LogP contribution in [0.1, 0.15) is 48.5 Å². The van der Waals surface area contributed by atoms with Gasteiger partial charge in [0.15, 0.2) is 5.76 Å². The van der Waals surface area contributed by atoms with Crippen LogP contribution in [0.3, 0.4) is 0 Å². The maximum Gasteiger partial charge on any atom is 0.311 e. The zero-order chi connectivity index (χ0) is 18.8. The zero-order valence-electron chi connectivity index (χ0n) is 15.2. The molecule has 0 aliphatic heterocycles. The third-order valence-electron chi connectivity index (χ3n) is 3.88. The van der Waals surface area contributed by atoms with Crippen molar-refractivity contribution in [2.24, 2.45) is 0 Å². The molecule has 0 aliphatic carbocycles. The van der Waals surface area contributed by atoms with Gasteiger partial charge in [-0.1, -0.05) is 62.2 Å². The first-order chi connectivity index (χ1) is 12.6. The van der Waals surface area contributed by atoms with Gasteiger partial charge in [0.1, 0.15) is 5.75 Å². The molecule has 2 aromatic rings. The number of carbonyl (C=O) groups excluding carboxylic acids is 2. The number of carbonyl (C=O) groups is 2. The van der Waals surface area contributed by atoms with Crippen LogP contribution in [-0.2, 0) is 9.53 Å². The highest BCUT2D eigenvalue weighted by Gasteiger charge is 2.17. The van der Waals surface area contributed by atoms with Crippen molar-refractivity contribution >= 4 is 17.8 Å². The Bertz CT molecular complexity index is 745. The van der Waals surface area contributed by atoms with E-state index < -0.39 is 0 Å². The van der Waals surface area contributed by atoms with Crippen LogP contribution in [0.5, 0.6) is 5.75 Å². The Morgan fingerprint density at radius 2 is 1.65 bits per heavy atom. The summed E-state index contributed by atoms with van der Waals surface area (Å²) in [5.74, 6) is 0.0465. The number of rotatable bonds is 9. The molecule has 0 bridgehead atoms. The summed E-state index contributed by atoms with van der Waals surface area (Å²) in [7, 11) is 1.59. The summed E-state index contributed by atoms with van der Waals surface area (Å²) in [6.07, 6.45) is 4.62.